The van der Waals surface area contributed by atoms with Crippen LogP contribution in [-0.4, -0.2) is 36.0 Å². The molecule has 1 N–H and O–H groups in total. The molecular weight excluding hydrogens is 256 g/mol. The van der Waals surface area contributed by atoms with Crippen LogP contribution >= 0.6 is 0 Å². The predicted octanol–water partition coefficient (Wildman–Crippen LogP) is 2.38. The standard InChI is InChI=1S/C12H15F2N3O2/c13-9-3-4-10(17(18)19)12(11(9)14)15-5-8-16-6-1-2-7-16/h3-4,15H,1-2,5-8H2. The maximum absolute atomic E-state index is 13.6. The lowest BCUT2D eigenvalue weighted by Gasteiger charge is -2.15. The Bertz CT molecular complexity index is 476. The zero-order chi connectivity index (χ0) is 13.8. The summed E-state index contributed by atoms with van der Waals surface area (Å²) >= 11 is 0. The highest BCUT2D eigenvalue weighted by atomic mass is 19.2. The number of benzene rings is 1. The number of hydrogen-bond donors (Lipinski definition) is 1. The second-order valence-corrected chi connectivity index (χ2v) is 4.49. The predicted molar refractivity (Wildman–Crippen MR) is 67.2 cm³/mol. The molecule has 0 amide bonds. The molecule has 0 aromatic heterocycles. The van der Waals surface area contributed by atoms with Crippen LogP contribution in [0.2, 0.25) is 0 Å². The smallest absolute Gasteiger partial charge is 0.295 e. The summed E-state index contributed by atoms with van der Waals surface area (Å²) in [7, 11) is 0. The van der Waals surface area contributed by atoms with Crippen molar-refractivity contribution in [2.75, 3.05) is 31.5 Å². The fraction of sp³-hybridized carbons (Fsp3) is 0.500. The topological polar surface area (TPSA) is 58.4 Å². The summed E-state index contributed by atoms with van der Waals surface area (Å²) in [5, 5.41) is 13.4. The molecule has 0 radical (unpaired) electrons. The van der Waals surface area contributed by atoms with E-state index >= 15 is 0 Å². The summed E-state index contributed by atoms with van der Waals surface area (Å²) in [6, 6.07) is 1.73. The largest absolute Gasteiger partial charge is 0.376 e. The number of nitro benzene ring substituents is 1. The summed E-state index contributed by atoms with van der Waals surface area (Å²) in [5.41, 5.74) is -0.815. The number of nitrogens with one attached hydrogen (secondary N) is 1. The number of halogens is 2. The molecule has 1 aromatic carbocycles. The van der Waals surface area contributed by atoms with Crippen LogP contribution in [0.1, 0.15) is 12.8 Å². The van der Waals surface area contributed by atoms with Crippen LogP contribution in [0.25, 0.3) is 0 Å². The van der Waals surface area contributed by atoms with Crippen molar-refractivity contribution in [3.05, 3.63) is 33.9 Å². The monoisotopic (exact) mass is 271 g/mol. The second kappa shape index (κ2) is 5.92. The fourth-order valence-corrected chi connectivity index (χ4v) is 2.21. The average molecular weight is 271 g/mol. The summed E-state index contributed by atoms with van der Waals surface area (Å²) in [4.78, 5) is 12.2. The molecule has 104 valence electrons. The average Bonchev–Trinajstić information content (AvgIpc) is 2.87. The summed E-state index contributed by atoms with van der Waals surface area (Å²) < 4.78 is 26.7. The van der Waals surface area contributed by atoms with Gasteiger partial charge in [0.2, 0.25) is 0 Å². The Kier molecular flexibility index (Phi) is 4.26. The van der Waals surface area contributed by atoms with Gasteiger partial charge in [0.15, 0.2) is 17.3 Å². The van der Waals surface area contributed by atoms with E-state index in [2.05, 4.69) is 10.2 Å². The van der Waals surface area contributed by atoms with Crippen molar-refractivity contribution in [2.45, 2.75) is 12.8 Å². The molecule has 2 rings (SSSR count). The maximum Gasteiger partial charge on any atom is 0.295 e. The van der Waals surface area contributed by atoms with E-state index in [0.29, 0.717) is 13.1 Å². The van der Waals surface area contributed by atoms with Crippen molar-refractivity contribution in [2.24, 2.45) is 0 Å². The molecule has 1 aliphatic heterocycles. The molecule has 0 saturated carbocycles. The van der Waals surface area contributed by atoms with Crippen LogP contribution in [0, 0.1) is 21.7 Å². The number of nitrogens with zero attached hydrogens (tertiary/aromatic N) is 2. The van der Waals surface area contributed by atoms with Gasteiger partial charge in [0, 0.05) is 19.2 Å². The van der Waals surface area contributed by atoms with E-state index in [1.807, 2.05) is 0 Å². The van der Waals surface area contributed by atoms with Gasteiger partial charge in [-0.1, -0.05) is 0 Å². The Balaban J connectivity index is 2.05. The van der Waals surface area contributed by atoms with Crippen molar-refractivity contribution in [3.63, 3.8) is 0 Å². The van der Waals surface area contributed by atoms with Gasteiger partial charge in [-0.15, -0.1) is 0 Å². The lowest BCUT2D eigenvalue weighted by molar-refractivity contribution is -0.384. The second-order valence-electron chi connectivity index (χ2n) is 4.49. The van der Waals surface area contributed by atoms with Crippen LogP contribution < -0.4 is 5.32 Å². The number of likely N-dealkylation sites (tertiary alicyclic amines) is 1. The Morgan fingerprint density at radius 2 is 2.00 bits per heavy atom. The molecule has 0 unspecified atom stereocenters. The number of nitro groups is 1. The highest BCUT2D eigenvalue weighted by Gasteiger charge is 2.21. The van der Waals surface area contributed by atoms with Crippen molar-refractivity contribution in [3.8, 4) is 0 Å². The van der Waals surface area contributed by atoms with Crippen molar-refractivity contribution < 1.29 is 13.7 Å². The Morgan fingerprint density at radius 3 is 2.63 bits per heavy atom. The molecule has 0 atom stereocenters. The first-order valence-electron chi connectivity index (χ1n) is 6.18. The van der Waals surface area contributed by atoms with Crippen LogP contribution in [0.4, 0.5) is 20.2 Å². The van der Waals surface area contributed by atoms with Crippen molar-refractivity contribution in [1.82, 2.24) is 4.90 Å². The SMILES string of the molecule is O=[N+]([O-])c1ccc(F)c(F)c1NCCN1CCCC1. The third-order valence-corrected chi connectivity index (χ3v) is 3.20. The third kappa shape index (κ3) is 3.17. The van der Waals surface area contributed by atoms with Gasteiger partial charge in [-0.2, -0.15) is 0 Å². The minimum atomic E-state index is -1.20. The molecule has 1 aromatic rings. The van der Waals surface area contributed by atoms with Crippen molar-refractivity contribution >= 4 is 11.4 Å². The van der Waals surface area contributed by atoms with Crippen LogP contribution in [-0.2, 0) is 0 Å². The molecule has 1 saturated heterocycles. The van der Waals surface area contributed by atoms with Gasteiger partial charge in [0.25, 0.3) is 5.69 Å². The zero-order valence-electron chi connectivity index (χ0n) is 10.4. The lowest BCUT2D eigenvalue weighted by Crippen LogP contribution is -2.26. The summed E-state index contributed by atoms with van der Waals surface area (Å²) in [6.07, 6.45) is 2.27. The van der Waals surface area contributed by atoms with E-state index in [-0.39, 0.29) is 5.69 Å². The molecule has 0 aliphatic carbocycles. The minimum absolute atomic E-state index is 0.348. The third-order valence-electron chi connectivity index (χ3n) is 3.20. The normalized spacial score (nSPS) is 15.7. The van der Waals surface area contributed by atoms with Gasteiger partial charge < -0.3 is 10.2 Å². The molecule has 0 bridgehead atoms. The molecule has 1 heterocycles. The Hall–Kier alpha value is -1.76. The van der Waals surface area contributed by atoms with Gasteiger partial charge in [-0.3, -0.25) is 10.1 Å². The van der Waals surface area contributed by atoms with Gasteiger partial charge in [0.05, 0.1) is 4.92 Å². The van der Waals surface area contributed by atoms with E-state index < -0.39 is 22.2 Å². The highest BCUT2D eigenvalue weighted by Crippen LogP contribution is 2.28. The number of hydrogen-bond acceptors (Lipinski definition) is 4. The first kappa shape index (κ1) is 13.7. The first-order chi connectivity index (χ1) is 9.09. The van der Waals surface area contributed by atoms with Crippen LogP contribution in [0.5, 0.6) is 0 Å². The Labute approximate surface area is 109 Å². The van der Waals surface area contributed by atoms with Crippen LogP contribution in [0.3, 0.4) is 0 Å². The molecule has 19 heavy (non-hydrogen) atoms. The Morgan fingerprint density at radius 1 is 1.32 bits per heavy atom. The van der Waals surface area contributed by atoms with E-state index in [9.17, 15) is 18.9 Å². The van der Waals surface area contributed by atoms with Gasteiger partial charge in [-0.05, 0) is 32.0 Å². The van der Waals surface area contributed by atoms with Crippen molar-refractivity contribution in [1.29, 1.82) is 0 Å². The van der Waals surface area contributed by atoms with E-state index in [4.69, 9.17) is 0 Å². The maximum atomic E-state index is 13.6. The number of rotatable bonds is 5. The van der Waals surface area contributed by atoms with Gasteiger partial charge in [0.1, 0.15) is 0 Å². The lowest BCUT2D eigenvalue weighted by atomic mass is 10.2. The summed E-state index contributed by atoms with van der Waals surface area (Å²) in [5.74, 6) is -2.29. The van der Waals surface area contributed by atoms with Gasteiger partial charge in [-0.25, -0.2) is 8.78 Å². The molecule has 5 nitrogen and oxygen atoms in total. The quantitative estimate of drug-likeness (QED) is 0.660. The molecule has 1 aliphatic rings. The molecule has 0 spiro atoms. The molecular formula is C12H15F2N3O2. The number of anilines is 1. The zero-order valence-corrected chi connectivity index (χ0v) is 10.4. The highest BCUT2D eigenvalue weighted by molar-refractivity contribution is 5.62. The molecule has 1 fully saturated rings. The van der Waals surface area contributed by atoms with E-state index in [0.717, 1.165) is 38.1 Å². The summed E-state index contributed by atoms with van der Waals surface area (Å²) in [6.45, 7) is 2.97. The van der Waals surface area contributed by atoms with Gasteiger partial charge >= 0.3 is 0 Å². The first-order valence-corrected chi connectivity index (χ1v) is 6.18. The van der Waals surface area contributed by atoms with E-state index in [1.54, 1.807) is 0 Å². The molecule has 7 heteroatoms. The minimum Gasteiger partial charge on any atom is -0.376 e. The van der Waals surface area contributed by atoms with E-state index in [1.165, 1.54) is 0 Å². The van der Waals surface area contributed by atoms with Crippen LogP contribution in [0.15, 0.2) is 12.1 Å². The fourth-order valence-electron chi connectivity index (χ4n) is 2.21.